The molecular weight excluding hydrogens is 402 g/mol. The molecule has 5 nitrogen and oxygen atoms in total. The van der Waals surface area contributed by atoms with Crippen molar-refractivity contribution in [2.24, 2.45) is 0 Å². The van der Waals surface area contributed by atoms with E-state index in [0.29, 0.717) is 23.6 Å². The SMILES string of the molecule is CCc1ccc(CN(C)C(=O)CSc2nc3sc(C)c(C)c3c(=O)n2CC)cc1. The number of aromatic nitrogens is 2. The Labute approximate surface area is 179 Å². The summed E-state index contributed by atoms with van der Waals surface area (Å²) in [6, 6.07) is 8.35. The van der Waals surface area contributed by atoms with Gasteiger partial charge in [0.15, 0.2) is 5.16 Å². The minimum atomic E-state index is -0.0151. The maximum atomic E-state index is 12.9. The number of hydrogen-bond acceptors (Lipinski definition) is 5. The standard InChI is InChI=1S/C22H27N3O2S2/c1-6-16-8-10-17(11-9-16)12-24(5)18(26)13-28-22-23-20-19(14(3)15(4)29-20)21(27)25(22)7-2/h8-11H,6-7,12-13H2,1-5H3. The summed E-state index contributed by atoms with van der Waals surface area (Å²) in [6.07, 6.45) is 1.01. The molecule has 29 heavy (non-hydrogen) atoms. The van der Waals surface area contributed by atoms with Gasteiger partial charge in [-0.2, -0.15) is 0 Å². The number of benzene rings is 1. The minimum Gasteiger partial charge on any atom is -0.341 e. The van der Waals surface area contributed by atoms with E-state index in [9.17, 15) is 9.59 Å². The van der Waals surface area contributed by atoms with E-state index in [1.165, 1.54) is 28.7 Å². The van der Waals surface area contributed by atoms with Crippen LogP contribution in [-0.4, -0.2) is 33.2 Å². The van der Waals surface area contributed by atoms with Crippen LogP contribution < -0.4 is 5.56 Å². The zero-order valence-electron chi connectivity index (χ0n) is 17.6. The quantitative estimate of drug-likeness (QED) is 0.412. The smallest absolute Gasteiger partial charge is 0.263 e. The van der Waals surface area contributed by atoms with Gasteiger partial charge in [0, 0.05) is 25.0 Å². The third-order valence-corrected chi connectivity index (χ3v) is 7.23. The largest absolute Gasteiger partial charge is 0.341 e. The molecule has 0 spiro atoms. The van der Waals surface area contributed by atoms with Crippen molar-refractivity contribution in [3.63, 3.8) is 0 Å². The molecule has 0 aliphatic carbocycles. The third-order valence-electron chi connectivity index (χ3n) is 5.17. The van der Waals surface area contributed by atoms with Crippen LogP contribution in [0.15, 0.2) is 34.2 Å². The maximum Gasteiger partial charge on any atom is 0.263 e. The highest BCUT2D eigenvalue weighted by Gasteiger charge is 2.18. The Kier molecular flexibility index (Phi) is 6.80. The molecule has 1 amide bonds. The number of hydrogen-bond donors (Lipinski definition) is 0. The van der Waals surface area contributed by atoms with Crippen molar-refractivity contribution in [3.8, 4) is 0 Å². The normalized spacial score (nSPS) is 11.2. The third kappa shape index (κ3) is 4.56. The zero-order chi connectivity index (χ0) is 21.1. The van der Waals surface area contributed by atoms with Crippen molar-refractivity contribution in [1.82, 2.24) is 14.5 Å². The summed E-state index contributed by atoms with van der Waals surface area (Å²) < 4.78 is 1.67. The Bertz CT molecular complexity index is 1080. The second kappa shape index (κ2) is 9.13. The minimum absolute atomic E-state index is 0.0151. The van der Waals surface area contributed by atoms with E-state index in [1.54, 1.807) is 9.47 Å². The Morgan fingerprint density at radius 2 is 1.83 bits per heavy atom. The van der Waals surface area contributed by atoms with Gasteiger partial charge in [-0.3, -0.25) is 14.2 Å². The fourth-order valence-corrected chi connectivity index (χ4v) is 5.25. The van der Waals surface area contributed by atoms with E-state index in [4.69, 9.17) is 4.98 Å². The summed E-state index contributed by atoms with van der Waals surface area (Å²) in [5.41, 5.74) is 3.39. The number of thioether (sulfide) groups is 1. The van der Waals surface area contributed by atoms with Crippen LogP contribution in [0.2, 0.25) is 0 Å². The van der Waals surface area contributed by atoms with Gasteiger partial charge < -0.3 is 4.90 Å². The monoisotopic (exact) mass is 429 g/mol. The highest BCUT2D eigenvalue weighted by molar-refractivity contribution is 7.99. The van der Waals surface area contributed by atoms with E-state index in [1.807, 2.05) is 27.8 Å². The summed E-state index contributed by atoms with van der Waals surface area (Å²) in [5, 5.41) is 1.32. The average Bonchev–Trinajstić information content (AvgIpc) is 3.00. The van der Waals surface area contributed by atoms with Crippen molar-refractivity contribution in [1.29, 1.82) is 0 Å². The lowest BCUT2D eigenvalue weighted by Crippen LogP contribution is -2.28. The molecule has 0 unspecified atom stereocenters. The Hall–Kier alpha value is -2.12. The lowest BCUT2D eigenvalue weighted by Gasteiger charge is -2.18. The Morgan fingerprint density at radius 3 is 2.45 bits per heavy atom. The first-order valence-corrected chi connectivity index (χ1v) is 11.6. The number of carbonyl (C=O) groups is 1. The Morgan fingerprint density at radius 1 is 1.17 bits per heavy atom. The number of rotatable bonds is 7. The molecule has 154 valence electrons. The molecule has 0 radical (unpaired) electrons. The number of carbonyl (C=O) groups excluding carboxylic acids is 1. The maximum absolute atomic E-state index is 12.9. The molecule has 0 saturated heterocycles. The first kappa shape index (κ1) is 21.6. The first-order valence-electron chi connectivity index (χ1n) is 9.80. The van der Waals surface area contributed by atoms with Crippen LogP contribution in [0.1, 0.15) is 35.4 Å². The van der Waals surface area contributed by atoms with Crippen LogP contribution >= 0.6 is 23.1 Å². The van der Waals surface area contributed by atoms with E-state index in [-0.39, 0.29) is 17.2 Å². The molecular formula is C22H27N3O2S2. The number of fused-ring (bicyclic) bond motifs is 1. The molecule has 0 aliphatic heterocycles. The van der Waals surface area contributed by atoms with Crippen molar-refractivity contribution in [3.05, 3.63) is 56.2 Å². The molecule has 0 fully saturated rings. The molecule has 0 N–H and O–H groups in total. The van der Waals surface area contributed by atoms with E-state index < -0.39 is 0 Å². The molecule has 2 aromatic heterocycles. The summed E-state index contributed by atoms with van der Waals surface area (Å²) in [7, 11) is 1.81. The van der Waals surface area contributed by atoms with Gasteiger partial charge in [0.05, 0.1) is 11.1 Å². The fourth-order valence-electron chi connectivity index (χ4n) is 3.18. The molecule has 0 bridgehead atoms. The number of amides is 1. The van der Waals surface area contributed by atoms with Crippen molar-refractivity contribution in [2.45, 2.75) is 52.4 Å². The molecule has 7 heteroatoms. The van der Waals surface area contributed by atoms with Crippen LogP contribution in [0, 0.1) is 13.8 Å². The lowest BCUT2D eigenvalue weighted by atomic mass is 10.1. The van der Waals surface area contributed by atoms with Gasteiger partial charge in [-0.15, -0.1) is 11.3 Å². The predicted octanol–water partition coefficient (Wildman–Crippen LogP) is 4.41. The number of aryl methyl sites for hydroxylation is 3. The van der Waals surface area contributed by atoms with Crippen LogP contribution in [0.25, 0.3) is 10.2 Å². The van der Waals surface area contributed by atoms with Gasteiger partial charge in [-0.05, 0) is 43.9 Å². The van der Waals surface area contributed by atoms with E-state index in [0.717, 1.165) is 27.3 Å². The second-order valence-corrected chi connectivity index (χ2v) is 9.26. The first-order chi connectivity index (χ1) is 13.8. The van der Waals surface area contributed by atoms with Crippen LogP contribution in [0.3, 0.4) is 0 Å². The second-order valence-electron chi connectivity index (χ2n) is 7.12. The number of thiophene rings is 1. The summed E-state index contributed by atoms with van der Waals surface area (Å²) in [5.74, 6) is 0.273. The van der Waals surface area contributed by atoms with Gasteiger partial charge in [-0.25, -0.2) is 4.98 Å². The molecule has 3 aromatic rings. The molecule has 0 atom stereocenters. The topological polar surface area (TPSA) is 55.2 Å². The fraction of sp³-hybridized carbons (Fsp3) is 0.409. The van der Waals surface area contributed by atoms with Gasteiger partial charge in [0.1, 0.15) is 4.83 Å². The summed E-state index contributed by atoms with van der Waals surface area (Å²) in [6.45, 7) is 9.14. The van der Waals surface area contributed by atoms with Crippen LogP contribution in [0.5, 0.6) is 0 Å². The number of nitrogens with zero attached hydrogens (tertiary/aromatic N) is 3. The Balaban J connectivity index is 1.73. The highest BCUT2D eigenvalue weighted by Crippen LogP contribution is 2.28. The van der Waals surface area contributed by atoms with E-state index in [2.05, 4.69) is 31.2 Å². The molecule has 0 saturated carbocycles. The van der Waals surface area contributed by atoms with E-state index >= 15 is 0 Å². The molecule has 1 aromatic carbocycles. The zero-order valence-corrected chi connectivity index (χ0v) is 19.2. The van der Waals surface area contributed by atoms with Crippen molar-refractivity contribution >= 4 is 39.2 Å². The lowest BCUT2D eigenvalue weighted by molar-refractivity contribution is -0.127. The molecule has 0 aliphatic rings. The summed E-state index contributed by atoms with van der Waals surface area (Å²) in [4.78, 5) is 33.8. The van der Waals surface area contributed by atoms with Crippen LogP contribution in [0.4, 0.5) is 0 Å². The summed E-state index contributed by atoms with van der Waals surface area (Å²) >= 11 is 2.87. The van der Waals surface area contributed by atoms with Crippen molar-refractivity contribution in [2.75, 3.05) is 12.8 Å². The van der Waals surface area contributed by atoms with Gasteiger partial charge in [-0.1, -0.05) is 43.0 Å². The molecule has 3 rings (SSSR count). The van der Waals surface area contributed by atoms with Gasteiger partial charge >= 0.3 is 0 Å². The predicted molar refractivity (Wildman–Crippen MR) is 122 cm³/mol. The molecule has 2 heterocycles. The van der Waals surface area contributed by atoms with Crippen LogP contribution in [-0.2, 0) is 24.3 Å². The van der Waals surface area contributed by atoms with Gasteiger partial charge in [0.2, 0.25) is 5.91 Å². The highest BCUT2D eigenvalue weighted by atomic mass is 32.2. The van der Waals surface area contributed by atoms with Crippen molar-refractivity contribution < 1.29 is 4.79 Å². The average molecular weight is 430 g/mol. The van der Waals surface area contributed by atoms with Gasteiger partial charge in [0.25, 0.3) is 5.56 Å².